The van der Waals surface area contributed by atoms with E-state index in [4.69, 9.17) is 27.9 Å². The molecule has 0 fully saturated rings. The van der Waals surface area contributed by atoms with Crippen LogP contribution >= 0.6 is 23.2 Å². The van der Waals surface area contributed by atoms with E-state index < -0.39 is 0 Å². The van der Waals surface area contributed by atoms with E-state index in [9.17, 15) is 5.11 Å². The Morgan fingerprint density at radius 2 is 1.75 bits per heavy atom. The molecule has 1 heterocycles. The van der Waals surface area contributed by atoms with Crippen LogP contribution in [0.25, 0.3) is 0 Å². The molecule has 0 spiro atoms. The number of aromatic hydroxyl groups is 1. The van der Waals surface area contributed by atoms with Crippen LogP contribution < -0.4 is 4.74 Å². The molecule has 1 atom stereocenters. The number of phenolic OH excluding ortho intramolecular Hbond substituents is 1. The van der Waals surface area contributed by atoms with Crippen molar-refractivity contribution >= 4 is 23.2 Å². The summed E-state index contributed by atoms with van der Waals surface area (Å²) in [4.78, 5) is 2.44. The molecule has 0 saturated heterocycles. The quantitative estimate of drug-likeness (QED) is 0.804. The molecule has 1 N–H and O–H groups in total. The minimum Gasteiger partial charge on any atom is -0.504 e. The maximum Gasteiger partial charge on any atom is 0.160 e. The Morgan fingerprint density at radius 1 is 1.12 bits per heavy atom. The second-order valence-electron chi connectivity index (χ2n) is 6.33. The van der Waals surface area contributed by atoms with Crippen LogP contribution in [0, 0.1) is 0 Å². The van der Waals surface area contributed by atoms with Crippen molar-refractivity contribution in [2.75, 3.05) is 7.11 Å². The number of fused-ring (bicyclic) bond motifs is 1. The van der Waals surface area contributed by atoms with E-state index in [0.29, 0.717) is 21.8 Å². The zero-order valence-corrected chi connectivity index (χ0v) is 15.4. The standard InChI is InChI=1S/C19H21Cl2NO2/c1-12(3-4-13-5-6-18(23)19(7-13)24-2)22-10-14-8-16(20)17(21)9-15(14)11-22/h5-9,12,23H,3-4,10-11H2,1-2H3. The zero-order chi connectivity index (χ0) is 17.3. The van der Waals surface area contributed by atoms with Crippen LogP contribution in [0.2, 0.25) is 10.0 Å². The van der Waals surface area contributed by atoms with Crippen molar-refractivity contribution in [2.45, 2.75) is 38.9 Å². The molecule has 24 heavy (non-hydrogen) atoms. The molecular weight excluding hydrogens is 345 g/mol. The molecule has 0 saturated carbocycles. The molecule has 1 aliphatic rings. The molecule has 5 heteroatoms. The Morgan fingerprint density at radius 3 is 2.33 bits per heavy atom. The normalized spacial score (nSPS) is 15.3. The summed E-state index contributed by atoms with van der Waals surface area (Å²) in [7, 11) is 1.57. The number of hydrogen-bond donors (Lipinski definition) is 1. The molecule has 2 aromatic carbocycles. The van der Waals surface area contributed by atoms with Crippen LogP contribution in [0.3, 0.4) is 0 Å². The number of rotatable bonds is 5. The number of halogens is 2. The highest BCUT2D eigenvalue weighted by Gasteiger charge is 2.24. The fourth-order valence-corrected chi connectivity index (χ4v) is 3.54. The maximum absolute atomic E-state index is 9.68. The van der Waals surface area contributed by atoms with Crippen LogP contribution in [0.1, 0.15) is 30.0 Å². The lowest BCUT2D eigenvalue weighted by Crippen LogP contribution is -2.28. The van der Waals surface area contributed by atoms with Gasteiger partial charge >= 0.3 is 0 Å². The topological polar surface area (TPSA) is 32.7 Å². The predicted molar refractivity (Wildman–Crippen MR) is 98.2 cm³/mol. The number of nitrogens with zero attached hydrogens (tertiary/aromatic N) is 1. The van der Waals surface area contributed by atoms with Gasteiger partial charge in [0.1, 0.15) is 0 Å². The number of benzene rings is 2. The number of phenols is 1. The van der Waals surface area contributed by atoms with Gasteiger partial charge in [-0.3, -0.25) is 4.90 Å². The van der Waals surface area contributed by atoms with E-state index in [1.165, 1.54) is 16.7 Å². The van der Waals surface area contributed by atoms with Crippen molar-refractivity contribution in [3.05, 3.63) is 57.1 Å². The average molecular weight is 366 g/mol. The van der Waals surface area contributed by atoms with Crippen molar-refractivity contribution in [2.24, 2.45) is 0 Å². The fourth-order valence-electron chi connectivity index (χ4n) is 3.16. The number of aryl methyl sites for hydroxylation is 1. The first-order chi connectivity index (χ1) is 11.5. The molecule has 1 aliphatic heterocycles. The third-order valence-electron chi connectivity index (χ3n) is 4.71. The molecule has 0 radical (unpaired) electrons. The highest BCUT2D eigenvalue weighted by atomic mass is 35.5. The van der Waals surface area contributed by atoms with Crippen molar-refractivity contribution in [1.82, 2.24) is 4.90 Å². The van der Waals surface area contributed by atoms with E-state index in [0.717, 1.165) is 25.9 Å². The lowest BCUT2D eigenvalue weighted by atomic mass is 10.0. The monoisotopic (exact) mass is 365 g/mol. The second-order valence-corrected chi connectivity index (χ2v) is 7.15. The SMILES string of the molecule is COc1cc(CCC(C)N2Cc3cc(Cl)c(Cl)cc3C2)ccc1O. The van der Waals surface area contributed by atoms with Gasteiger partial charge in [-0.05, 0) is 60.7 Å². The van der Waals surface area contributed by atoms with Gasteiger partial charge in [-0.25, -0.2) is 0 Å². The third-order valence-corrected chi connectivity index (χ3v) is 5.43. The molecule has 128 valence electrons. The summed E-state index contributed by atoms with van der Waals surface area (Å²) in [5.41, 5.74) is 3.70. The first kappa shape index (κ1) is 17.4. The summed E-state index contributed by atoms with van der Waals surface area (Å²) in [6.07, 6.45) is 1.97. The van der Waals surface area contributed by atoms with Gasteiger partial charge in [0.2, 0.25) is 0 Å². The molecule has 0 bridgehead atoms. The van der Waals surface area contributed by atoms with Gasteiger partial charge in [0, 0.05) is 19.1 Å². The lowest BCUT2D eigenvalue weighted by Gasteiger charge is -2.23. The van der Waals surface area contributed by atoms with Gasteiger partial charge in [-0.1, -0.05) is 29.3 Å². The maximum atomic E-state index is 9.68. The van der Waals surface area contributed by atoms with Gasteiger partial charge in [0.15, 0.2) is 11.5 Å². The summed E-state index contributed by atoms with van der Waals surface area (Å²) in [5, 5.41) is 10.9. The molecule has 2 aromatic rings. The largest absolute Gasteiger partial charge is 0.504 e. The smallest absolute Gasteiger partial charge is 0.160 e. The number of hydrogen-bond acceptors (Lipinski definition) is 3. The minimum absolute atomic E-state index is 0.179. The molecule has 0 amide bonds. The molecule has 3 rings (SSSR count). The van der Waals surface area contributed by atoms with Gasteiger partial charge in [0.25, 0.3) is 0 Å². The van der Waals surface area contributed by atoms with Crippen molar-refractivity contribution in [3.63, 3.8) is 0 Å². The predicted octanol–water partition coefficient (Wildman–Crippen LogP) is 5.04. The summed E-state index contributed by atoms with van der Waals surface area (Å²) in [5.74, 6) is 0.705. The Balaban J connectivity index is 1.61. The van der Waals surface area contributed by atoms with E-state index >= 15 is 0 Å². The summed E-state index contributed by atoms with van der Waals surface area (Å²) in [6.45, 7) is 4.06. The molecule has 1 unspecified atom stereocenters. The van der Waals surface area contributed by atoms with E-state index in [1.807, 2.05) is 24.3 Å². The lowest BCUT2D eigenvalue weighted by molar-refractivity contribution is 0.203. The van der Waals surface area contributed by atoms with Crippen LogP contribution in [-0.2, 0) is 19.5 Å². The third kappa shape index (κ3) is 3.64. The summed E-state index contributed by atoms with van der Waals surface area (Å²) >= 11 is 12.2. The van der Waals surface area contributed by atoms with E-state index in [2.05, 4.69) is 11.8 Å². The van der Waals surface area contributed by atoms with Gasteiger partial charge in [0.05, 0.1) is 17.2 Å². The van der Waals surface area contributed by atoms with Gasteiger partial charge in [-0.15, -0.1) is 0 Å². The van der Waals surface area contributed by atoms with E-state index in [-0.39, 0.29) is 5.75 Å². The van der Waals surface area contributed by atoms with Crippen LogP contribution in [0.15, 0.2) is 30.3 Å². The number of methoxy groups -OCH3 is 1. The first-order valence-corrected chi connectivity index (χ1v) is 8.80. The van der Waals surface area contributed by atoms with Crippen molar-refractivity contribution < 1.29 is 9.84 Å². The van der Waals surface area contributed by atoms with Crippen molar-refractivity contribution in [3.8, 4) is 11.5 Å². The van der Waals surface area contributed by atoms with Gasteiger partial charge < -0.3 is 9.84 Å². The minimum atomic E-state index is 0.179. The van der Waals surface area contributed by atoms with Crippen LogP contribution in [-0.4, -0.2) is 23.2 Å². The Labute approximate surface area is 152 Å². The Kier molecular flexibility index (Phi) is 5.24. The molecule has 3 nitrogen and oxygen atoms in total. The Hall–Kier alpha value is -1.42. The first-order valence-electron chi connectivity index (χ1n) is 8.04. The molecule has 0 aliphatic carbocycles. The summed E-state index contributed by atoms with van der Waals surface area (Å²) in [6, 6.07) is 9.94. The van der Waals surface area contributed by atoms with Crippen molar-refractivity contribution in [1.29, 1.82) is 0 Å². The number of ether oxygens (including phenoxy) is 1. The molecule has 0 aromatic heterocycles. The summed E-state index contributed by atoms with van der Waals surface area (Å²) < 4.78 is 5.17. The molecular formula is C19H21Cl2NO2. The van der Waals surface area contributed by atoms with Gasteiger partial charge in [-0.2, -0.15) is 0 Å². The Bertz CT molecular complexity index is 717. The van der Waals surface area contributed by atoms with E-state index in [1.54, 1.807) is 13.2 Å². The second kappa shape index (κ2) is 7.22. The highest BCUT2D eigenvalue weighted by molar-refractivity contribution is 6.42. The highest BCUT2D eigenvalue weighted by Crippen LogP contribution is 2.33. The average Bonchev–Trinajstić information content (AvgIpc) is 2.97. The van der Waals surface area contributed by atoms with Crippen LogP contribution in [0.4, 0.5) is 0 Å². The fraction of sp³-hybridized carbons (Fsp3) is 0.368. The van der Waals surface area contributed by atoms with Crippen LogP contribution in [0.5, 0.6) is 11.5 Å². The zero-order valence-electron chi connectivity index (χ0n) is 13.9.